The maximum Gasteiger partial charge on any atom is 0.109 e. The predicted octanol–water partition coefficient (Wildman–Crippen LogP) is 11.4. The molecule has 0 bridgehead atoms. The van der Waals surface area contributed by atoms with Crippen LogP contribution in [0.2, 0.25) is 0 Å². The van der Waals surface area contributed by atoms with Crippen LogP contribution >= 0.6 is 0 Å². The summed E-state index contributed by atoms with van der Waals surface area (Å²) in [6.07, 6.45) is 39.3. The molecule has 232 valence electrons. The number of nitrogens with one attached hydrogen (secondary N) is 1. The molecule has 44 heavy (non-hydrogen) atoms. The number of fused-ring (bicyclic) bond motifs is 4. The van der Waals surface area contributed by atoms with Crippen LogP contribution in [0, 0.1) is 35.0 Å². The van der Waals surface area contributed by atoms with Crippen molar-refractivity contribution in [3.63, 3.8) is 0 Å². The zero-order chi connectivity index (χ0) is 29.1. The molecule has 1 aliphatic heterocycles. The quantitative estimate of drug-likeness (QED) is 0.334. The molecule has 6 unspecified atom stereocenters. The van der Waals surface area contributed by atoms with E-state index < -0.39 is 0 Å². The first-order valence-electron chi connectivity index (χ1n) is 18.8. The summed E-state index contributed by atoms with van der Waals surface area (Å²) < 4.78 is 6.65. The molecule has 2 heteroatoms. The fourth-order valence-corrected chi connectivity index (χ4v) is 11.3. The summed E-state index contributed by atoms with van der Waals surface area (Å²) in [5.74, 6) is 6.26. The van der Waals surface area contributed by atoms with E-state index in [1.54, 1.807) is 16.7 Å². The summed E-state index contributed by atoms with van der Waals surface area (Å²) in [5.41, 5.74) is 9.56. The minimum absolute atomic E-state index is 0.447. The van der Waals surface area contributed by atoms with Crippen molar-refractivity contribution in [3.8, 4) is 0 Å². The first kappa shape index (κ1) is 27.8. The zero-order valence-electron chi connectivity index (χ0n) is 26.9. The molecule has 2 nitrogen and oxygen atoms in total. The highest BCUT2D eigenvalue weighted by Crippen LogP contribution is 2.74. The topological polar surface area (TPSA) is 21.3 Å². The number of hydrogen-bond acceptors (Lipinski definition) is 2. The van der Waals surface area contributed by atoms with Crippen LogP contribution in [0.4, 0.5) is 5.69 Å². The summed E-state index contributed by atoms with van der Waals surface area (Å²) >= 11 is 0. The van der Waals surface area contributed by atoms with E-state index in [4.69, 9.17) is 4.74 Å². The highest BCUT2D eigenvalue weighted by atomic mass is 16.5. The Morgan fingerprint density at radius 1 is 0.818 bits per heavy atom. The number of ether oxygens (including phenoxy) is 1. The lowest BCUT2D eigenvalue weighted by atomic mass is 9.68. The Balaban J connectivity index is 0.977. The van der Waals surface area contributed by atoms with E-state index in [-0.39, 0.29) is 0 Å². The molecular weight excluding hydrogens is 534 g/mol. The molecular formula is C42H53NO. The predicted molar refractivity (Wildman–Crippen MR) is 182 cm³/mol. The van der Waals surface area contributed by atoms with Crippen LogP contribution in [0.3, 0.4) is 0 Å². The van der Waals surface area contributed by atoms with Crippen molar-refractivity contribution in [2.45, 2.75) is 128 Å². The van der Waals surface area contributed by atoms with Crippen molar-refractivity contribution >= 4 is 11.3 Å². The average Bonchev–Trinajstić information content (AvgIpc) is 3.54. The minimum Gasteiger partial charge on any atom is -0.494 e. The fraction of sp³-hybridized carbons (Fsp3) is 0.619. The van der Waals surface area contributed by atoms with Gasteiger partial charge in [-0.1, -0.05) is 81.4 Å². The van der Waals surface area contributed by atoms with Gasteiger partial charge in [0.25, 0.3) is 0 Å². The van der Waals surface area contributed by atoms with E-state index in [0.717, 1.165) is 42.4 Å². The normalized spacial score (nSPS) is 37.9. The van der Waals surface area contributed by atoms with Crippen LogP contribution < -0.4 is 5.32 Å². The van der Waals surface area contributed by atoms with Crippen molar-refractivity contribution in [2.24, 2.45) is 35.0 Å². The molecule has 9 rings (SSSR count). The molecule has 0 radical (unpaired) electrons. The SMILES string of the molecule is C1=CC(Nc2ccc(C3CCCC(C4CCCCC4)C3)cc2C2=CCCC([C@]34CC5=C(C6C=CCCC6O5)C3C4)C2)=CCC1. The molecule has 0 aromatic heterocycles. The summed E-state index contributed by atoms with van der Waals surface area (Å²) in [7, 11) is 0. The van der Waals surface area contributed by atoms with Gasteiger partial charge in [0.2, 0.25) is 0 Å². The Labute approximate surface area is 266 Å². The van der Waals surface area contributed by atoms with Crippen molar-refractivity contribution in [3.05, 3.63) is 82.8 Å². The largest absolute Gasteiger partial charge is 0.494 e. The van der Waals surface area contributed by atoms with Crippen LogP contribution in [-0.4, -0.2) is 6.10 Å². The monoisotopic (exact) mass is 587 g/mol. The number of allylic oxidation sites excluding steroid dienone is 7. The third kappa shape index (κ3) is 4.89. The van der Waals surface area contributed by atoms with Gasteiger partial charge < -0.3 is 10.1 Å². The lowest BCUT2D eigenvalue weighted by molar-refractivity contribution is 0.0918. The lowest BCUT2D eigenvalue weighted by Crippen LogP contribution is -2.25. The van der Waals surface area contributed by atoms with Gasteiger partial charge in [-0.2, -0.15) is 0 Å². The molecule has 0 amide bonds. The Kier molecular flexibility index (Phi) is 7.20. The Bertz CT molecular complexity index is 1430. The van der Waals surface area contributed by atoms with E-state index in [9.17, 15) is 0 Å². The summed E-state index contributed by atoms with van der Waals surface area (Å²) in [6.45, 7) is 0. The van der Waals surface area contributed by atoms with E-state index in [1.165, 1.54) is 125 Å². The van der Waals surface area contributed by atoms with Crippen LogP contribution in [-0.2, 0) is 4.74 Å². The molecule has 7 aliphatic carbocycles. The second kappa shape index (κ2) is 11.4. The van der Waals surface area contributed by atoms with E-state index in [0.29, 0.717) is 17.4 Å². The van der Waals surface area contributed by atoms with Crippen molar-refractivity contribution < 1.29 is 4.74 Å². The number of hydrogen-bond donors (Lipinski definition) is 1. The Morgan fingerprint density at radius 3 is 2.66 bits per heavy atom. The highest BCUT2D eigenvalue weighted by Gasteiger charge is 2.67. The van der Waals surface area contributed by atoms with E-state index in [1.807, 2.05) is 0 Å². The third-order valence-corrected chi connectivity index (χ3v) is 13.7. The highest BCUT2D eigenvalue weighted by molar-refractivity contribution is 5.79. The lowest BCUT2D eigenvalue weighted by Gasteiger charge is -2.37. The maximum absolute atomic E-state index is 6.65. The molecule has 1 heterocycles. The number of anilines is 1. The molecule has 1 N–H and O–H groups in total. The zero-order valence-corrected chi connectivity index (χ0v) is 26.9. The first-order chi connectivity index (χ1) is 21.7. The van der Waals surface area contributed by atoms with Gasteiger partial charge in [0.1, 0.15) is 6.10 Å². The molecule has 8 aliphatic rings. The fourth-order valence-electron chi connectivity index (χ4n) is 11.3. The van der Waals surface area contributed by atoms with E-state index >= 15 is 0 Å². The van der Waals surface area contributed by atoms with Crippen LogP contribution in [0.15, 0.2) is 71.7 Å². The Morgan fingerprint density at radius 2 is 1.75 bits per heavy atom. The molecule has 0 saturated heterocycles. The minimum atomic E-state index is 0.447. The van der Waals surface area contributed by atoms with Gasteiger partial charge in [0.05, 0.1) is 5.76 Å². The number of rotatable bonds is 6. The van der Waals surface area contributed by atoms with Crippen LogP contribution in [0.1, 0.15) is 133 Å². The van der Waals surface area contributed by atoms with Crippen molar-refractivity contribution in [1.29, 1.82) is 0 Å². The van der Waals surface area contributed by atoms with Crippen molar-refractivity contribution in [2.75, 3.05) is 5.32 Å². The van der Waals surface area contributed by atoms with Crippen LogP contribution in [0.5, 0.6) is 0 Å². The molecule has 1 aromatic rings. The third-order valence-electron chi connectivity index (χ3n) is 13.7. The van der Waals surface area contributed by atoms with Gasteiger partial charge in [-0.15, -0.1) is 0 Å². The molecule has 0 spiro atoms. The van der Waals surface area contributed by atoms with Gasteiger partial charge in [0, 0.05) is 29.3 Å². The second-order valence-corrected chi connectivity index (χ2v) is 16.0. The van der Waals surface area contributed by atoms with Crippen LogP contribution in [0.25, 0.3) is 5.57 Å². The molecule has 1 aromatic carbocycles. The average molecular weight is 588 g/mol. The molecule has 3 saturated carbocycles. The standard InChI is InChI=1S/C42H53NO/c1-3-11-28(12-4-1)29-13-9-14-30(23-29)31-21-22-38(43-34-17-5-2-6-18-34)36(25-31)32-15-10-16-33(24-32)42-26-37(42)41-35-19-7-8-20-39(35)44-40(41)27-42/h5,7,15,17-19,21-22,25,28-30,33,35,37,39,43H,1-4,6,8-14,16,20,23-24,26-27H2/t29?,30?,33?,35?,37?,39?,42-/m0/s1. The van der Waals surface area contributed by atoms with Gasteiger partial charge in [-0.25, -0.2) is 0 Å². The van der Waals surface area contributed by atoms with Gasteiger partial charge >= 0.3 is 0 Å². The van der Waals surface area contributed by atoms with Gasteiger partial charge in [-0.05, 0) is 134 Å². The molecule has 3 fully saturated rings. The number of benzene rings is 1. The summed E-state index contributed by atoms with van der Waals surface area (Å²) in [5, 5.41) is 3.90. The van der Waals surface area contributed by atoms with Gasteiger partial charge in [0.15, 0.2) is 0 Å². The summed E-state index contributed by atoms with van der Waals surface area (Å²) in [4.78, 5) is 0. The Hall–Kier alpha value is -2.48. The smallest absolute Gasteiger partial charge is 0.109 e. The van der Waals surface area contributed by atoms with Gasteiger partial charge in [-0.3, -0.25) is 0 Å². The summed E-state index contributed by atoms with van der Waals surface area (Å²) in [6, 6.07) is 7.61. The maximum atomic E-state index is 6.65. The first-order valence-corrected chi connectivity index (χ1v) is 18.8. The van der Waals surface area contributed by atoms with E-state index in [2.05, 4.69) is 60.0 Å². The second-order valence-electron chi connectivity index (χ2n) is 16.0. The molecule has 7 atom stereocenters. The van der Waals surface area contributed by atoms with Crippen molar-refractivity contribution in [1.82, 2.24) is 0 Å².